The van der Waals surface area contributed by atoms with Crippen LogP contribution in [0.5, 0.6) is 5.75 Å². The van der Waals surface area contributed by atoms with Crippen molar-refractivity contribution in [2.75, 3.05) is 13.2 Å². The van der Waals surface area contributed by atoms with E-state index in [4.69, 9.17) is 9.47 Å². The van der Waals surface area contributed by atoms with E-state index in [0.29, 0.717) is 25.6 Å². The van der Waals surface area contributed by atoms with E-state index in [1.54, 1.807) is 6.07 Å². The van der Waals surface area contributed by atoms with Gasteiger partial charge in [0.15, 0.2) is 11.6 Å². The van der Waals surface area contributed by atoms with Crippen LogP contribution in [0.4, 0.5) is 4.39 Å². The molecule has 0 unspecified atom stereocenters. The van der Waals surface area contributed by atoms with Gasteiger partial charge in [0, 0.05) is 12.0 Å². The van der Waals surface area contributed by atoms with E-state index in [9.17, 15) is 4.39 Å². The zero-order valence-corrected chi connectivity index (χ0v) is 7.25. The number of ether oxygens (including phenoxy) is 2. The van der Waals surface area contributed by atoms with Gasteiger partial charge in [0.2, 0.25) is 0 Å². The van der Waals surface area contributed by atoms with Crippen LogP contribution >= 0.6 is 0 Å². The third-order valence-electron chi connectivity index (χ3n) is 1.99. The summed E-state index contributed by atoms with van der Waals surface area (Å²) in [4.78, 5) is 0. The molecule has 13 heavy (non-hydrogen) atoms. The van der Waals surface area contributed by atoms with Crippen molar-refractivity contribution in [1.82, 2.24) is 0 Å². The predicted molar refractivity (Wildman–Crippen MR) is 46.2 cm³/mol. The van der Waals surface area contributed by atoms with E-state index in [1.165, 1.54) is 6.07 Å². The van der Waals surface area contributed by atoms with Crippen LogP contribution in [0.15, 0.2) is 18.2 Å². The second-order valence-corrected chi connectivity index (χ2v) is 2.98. The molecule has 0 aromatic heterocycles. The van der Waals surface area contributed by atoms with Gasteiger partial charge in [-0.15, -0.1) is 0 Å². The highest BCUT2D eigenvalue weighted by atomic mass is 19.1. The third kappa shape index (κ3) is 1.80. The Hall–Kier alpha value is -1.09. The Morgan fingerprint density at radius 3 is 3.08 bits per heavy atom. The zero-order chi connectivity index (χ0) is 9.10. The van der Waals surface area contributed by atoms with Crippen molar-refractivity contribution in [1.29, 1.82) is 0 Å². The van der Waals surface area contributed by atoms with E-state index in [2.05, 4.69) is 0 Å². The lowest BCUT2D eigenvalue weighted by Crippen LogP contribution is -2.10. The fourth-order valence-corrected chi connectivity index (χ4v) is 1.35. The molecule has 2 rings (SSSR count). The van der Waals surface area contributed by atoms with Crippen LogP contribution in [-0.4, -0.2) is 13.2 Å². The third-order valence-corrected chi connectivity index (χ3v) is 1.99. The molecule has 1 aliphatic heterocycles. The van der Waals surface area contributed by atoms with Gasteiger partial charge in [0.25, 0.3) is 0 Å². The fourth-order valence-electron chi connectivity index (χ4n) is 1.35. The number of halogens is 1. The summed E-state index contributed by atoms with van der Waals surface area (Å²) in [5.74, 6) is 0.0465. The molecule has 0 saturated carbocycles. The highest BCUT2D eigenvalue weighted by Gasteiger charge is 2.11. The van der Waals surface area contributed by atoms with E-state index in [1.807, 2.05) is 6.07 Å². The summed E-state index contributed by atoms with van der Waals surface area (Å²) in [5.41, 5.74) is 0.791. The number of benzene rings is 1. The first-order chi connectivity index (χ1) is 6.38. The van der Waals surface area contributed by atoms with Gasteiger partial charge in [-0.2, -0.15) is 0 Å². The van der Waals surface area contributed by atoms with Crippen molar-refractivity contribution in [3.63, 3.8) is 0 Å². The van der Waals surface area contributed by atoms with E-state index >= 15 is 0 Å². The Bertz CT molecular complexity index is 299. The Morgan fingerprint density at radius 2 is 2.15 bits per heavy atom. The lowest BCUT2D eigenvalue weighted by Gasteiger charge is -2.15. The summed E-state index contributed by atoms with van der Waals surface area (Å²) in [6.45, 7) is 1.64. The molecule has 1 aliphatic rings. The van der Waals surface area contributed by atoms with Crippen molar-refractivity contribution in [2.45, 2.75) is 13.0 Å². The SMILES string of the molecule is Fc1cccc2c1OCCCOC2. The smallest absolute Gasteiger partial charge is 0.165 e. The van der Waals surface area contributed by atoms with Crippen molar-refractivity contribution in [2.24, 2.45) is 0 Å². The monoisotopic (exact) mass is 182 g/mol. The number of hydrogen-bond donors (Lipinski definition) is 0. The van der Waals surface area contributed by atoms with Crippen LogP contribution < -0.4 is 4.74 Å². The maximum atomic E-state index is 13.2. The van der Waals surface area contributed by atoms with Crippen molar-refractivity contribution < 1.29 is 13.9 Å². The van der Waals surface area contributed by atoms with Crippen LogP contribution in [0.1, 0.15) is 12.0 Å². The first-order valence-corrected chi connectivity index (χ1v) is 4.36. The van der Waals surface area contributed by atoms with Gasteiger partial charge in [-0.1, -0.05) is 12.1 Å². The molecule has 0 radical (unpaired) electrons. The predicted octanol–water partition coefficient (Wildman–Crippen LogP) is 2.12. The van der Waals surface area contributed by atoms with Crippen molar-refractivity contribution >= 4 is 0 Å². The minimum atomic E-state index is -0.303. The van der Waals surface area contributed by atoms with E-state index < -0.39 is 0 Å². The summed E-state index contributed by atoms with van der Waals surface area (Å²) in [6, 6.07) is 4.90. The topological polar surface area (TPSA) is 18.5 Å². The maximum absolute atomic E-state index is 13.2. The quantitative estimate of drug-likeness (QED) is 0.612. The molecule has 2 nitrogen and oxygen atoms in total. The van der Waals surface area contributed by atoms with Gasteiger partial charge in [-0.05, 0) is 6.07 Å². The molecule has 0 spiro atoms. The summed E-state index contributed by atoms with van der Waals surface area (Å²) in [6.07, 6.45) is 0.813. The van der Waals surface area contributed by atoms with Gasteiger partial charge < -0.3 is 9.47 Å². The average Bonchev–Trinajstić information content (AvgIpc) is 2.07. The molecule has 70 valence electrons. The van der Waals surface area contributed by atoms with Gasteiger partial charge in [-0.25, -0.2) is 4.39 Å². The molecule has 1 heterocycles. The molecule has 0 saturated heterocycles. The summed E-state index contributed by atoms with van der Waals surface area (Å²) >= 11 is 0. The summed E-state index contributed by atoms with van der Waals surface area (Å²) in [7, 11) is 0. The minimum absolute atomic E-state index is 0.303. The van der Waals surface area contributed by atoms with Crippen LogP contribution in [0.3, 0.4) is 0 Å². The molecular weight excluding hydrogens is 171 g/mol. The molecule has 3 heteroatoms. The fraction of sp³-hybridized carbons (Fsp3) is 0.400. The van der Waals surface area contributed by atoms with Crippen LogP contribution in [-0.2, 0) is 11.3 Å². The molecule has 0 N–H and O–H groups in total. The highest BCUT2D eigenvalue weighted by molar-refractivity contribution is 5.34. The number of para-hydroxylation sites is 1. The largest absolute Gasteiger partial charge is 0.490 e. The Labute approximate surface area is 76.3 Å². The lowest BCUT2D eigenvalue weighted by molar-refractivity contribution is 0.0919. The Kier molecular flexibility index (Phi) is 2.45. The second-order valence-electron chi connectivity index (χ2n) is 2.98. The highest BCUT2D eigenvalue weighted by Crippen LogP contribution is 2.24. The Balaban J connectivity index is 2.33. The van der Waals surface area contributed by atoms with Crippen molar-refractivity contribution in [3.8, 4) is 5.75 Å². The number of rotatable bonds is 0. The molecule has 1 aromatic rings. The summed E-state index contributed by atoms with van der Waals surface area (Å²) in [5, 5.41) is 0. The molecule has 0 fully saturated rings. The van der Waals surface area contributed by atoms with Gasteiger partial charge in [-0.3, -0.25) is 0 Å². The second kappa shape index (κ2) is 3.75. The molecule has 0 amide bonds. The first kappa shape index (κ1) is 8.51. The number of hydrogen-bond acceptors (Lipinski definition) is 2. The lowest BCUT2D eigenvalue weighted by atomic mass is 10.2. The number of fused-ring (bicyclic) bond motifs is 1. The molecular formula is C10H11FO2. The van der Waals surface area contributed by atoms with Gasteiger partial charge in [0.1, 0.15) is 0 Å². The molecule has 0 aliphatic carbocycles. The average molecular weight is 182 g/mol. The normalized spacial score (nSPS) is 16.7. The van der Waals surface area contributed by atoms with E-state index in [0.717, 1.165) is 12.0 Å². The molecule has 0 bridgehead atoms. The van der Waals surface area contributed by atoms with Crippen molar-refractivity contribution in [3.05, 3.63) is 29.6 Å². The van der Waals surface area contributed by atoms with Gasteiger partial charge >= 0.3 is 0 Å². The first-order valence-electron chi connectivity index (χ1n) is 4.36. The van der Waals surface area contributed by atoms with Crippen LogP contribution in [0, 0.1) is 5.82 Å². The summed E-state index contributed by atoms with van der Waals surface area (Å²) < 4.78 is 23.8. The molecule has 0 atom stereocenters. The Morgan fingerprint density at radius 1 is 1.23 bits per heavy atom. The molecule has 1 aromatic carbocycles. The van der Waals surface area contributed by atoms with Gasteiger partial charge in [0.05, 0.1) is 19.8 Å². The standard InChI is InChI=1S/C10H11FO2/c11-9-4-1-3-8-7-12-5-2-6-13-10(8)9/h1,3-4H,2,5-7H2. The van der Waals surface area contributed by atoms with Crippen LogP contribution in [0.2, 0.25) is 0 Å². The maximum Gasteiger partial charge on any atom is 0.165 e. The van der Waals surface area contributed by atoms with E-state index in [-0.39, 0.29) is 5.82 Å². The minimum Gasteiger partial charge on any atom is -0.490 e. The zero-order valence-electron chi connectivity index (χ0n) is 7.25. The van der Waals surface area contributed by atoms with Crippen LogP contribution in [0.25, 0.3) is 0 Å².